The zero-order valence-corrected chi connectivity index (χ0v) is 14.3. The molecule has 1 aliphatic carbocycles. The third-order valence-corrected chi connectivity index (χ3v) is 8.53. The third-order valence-electron chi connectivity index (χ3n) is 5.24. The van der Waals surface area contributed by atoms with Crippen molar-refractivity contribution >= 4 is 21.6 Å². The van der Waals surface area contributed by atoms with Gasteiger partial charge in [-0.25, -0.2) is 8.42 Å². The van der Waals surface area contributed by atoms with Gasteiger partial charge in [-0.05, 0) is 18.8 Å². The Morgan fingerprint density at radius 3 is 2.75 bits per heavy atom. The van der Waals surface area contributed by atoms with E-state index in [1.54, 1.807) is 18.7 Å². The van der Waals surface area contributed by atoms with Crippen molar-refractivity contribution in [1.29, 1.82) is 0 Å². The predicted molar refractivity (Wildman–Crippen MR) is 86.7 cm³/mol. The number of nitrogens with two attached hydrogens (primary N) is 1. The zero-order chi connectivity index (χ0) is 14.8. The molecule has 1 saturated heterocycles. The average molecular weight is 321 g/mol. The maximum atomic E-state index is 12.5. The summed E-state index contributed by atoms with van der Waals surface area (Å²) >= 11 is 1.76. The van der Waals surface area contributed by atoms with Crippen LogP contribution < -0.4 is 5.73 Å². The lowest BCUT2D eigenvalue weighted by Gasteiger charge is -2.50. The molecule has 1 aliphatic heterocycles. The number of hydrogen-bond acceptors (Lipinski definition) is 5. The second-order valence-electron chi connectivity index (χ2n) is 5.98. The van der Waals surface area contributed by atoms with E-state index in [9.17, 15) is 8.42 Å². The van der Waals surface area contributed by atoms with Crippen molar-refractivity contribution in [2.24, 2.45) is 11.7 Å². The van der Waals surface area contributed by atoms with E-state index >= 15 is 0 Å². The van der Waals surface area contributed by atoms with Crippen molar-refractivity contribution in [1.82, 2.24) is 4.90 Å². The summed E-state index contributed by atoms with van der Waals surface area (Å²) in [5.74, 6) is 2.50. The van der Waals surface area contributed by atoms with E-state index < -0.39 is 9.84 Å². The first-order chi connectivity index (χ1) is 9.51. The third kappa shape index (κ3) is 2.76. The molecule has 20 heavy (non-hydrogen) atoms. The number of hydrogen-bond donors (Lipinski definition) is 1. The van der Waals surface area contributed by atoms with E-state index in [1.165, 1.54) is 12.8 Å². The van der Waals surface area contributed by atoms with Crippen LogP contribution in [0.3, 0.4) is 0 Å². The zero-order valence-electron chi connectivity index (χ0n) is 12.7. The summed E-state index contributed by atoms with van der Waals surface area (Å²) in [5.41, 5.74) is 6.09. The summed E-state index contributed by atoms with van der Waals surface area (Å²) in [7, 11) is -3.04. The highest BCUT2D eigenvalue weighted by atomic mass is 32.2. The topological polar surface area (TPSA) is 63.4 Å². The molecule has 2 rings (SSSR count). The monoisotopic (exact) mass is 320 g/mol. The van der Waals surface area contributed by atoms with Crippen LogP contribution in [0.15, 0.2) is 0 Å². The summed E-state index contributed by atoms with van der Waals surface area (Å²) < 4.78 is 25.0. The van der Waals surface area contributed by atoms with Gasteiger partial charge in [0, 0.05) is 35.9 Å². The van der Waals surface area contributed by atoms with Gasteiger partial charge in [-0.15, -0.1) is 0 Å². The number of rotatable bonds is 5. The lowest BCUT2D eigenvalue weighted by Crippen LogP contribution is -2.64. The van der Waals surface area contributed by atoms with Crippen LogP contribution in [-0.4, -0.2) is 54.6 Å². The Morgan fingerprint density at radius 1 is 1.40 bits per heavy atom. The summed E-state index contributed by atoms with van der Waals surface area (Å²) in [6.45, 7) is 5.42. The van der Waals surface area contributed by atoms with Crippen LogP contribution in [0.5, 0.6) is 0 Å². The smallest absolute Gasteiger partial charge is 0.166 e. The Hall–Kier alpha value is 0.220. The molecule has 0 aromatic rings. The van der Waals surface area contributed by atoms with Gasteiger partial charge in [0.25, 0.3) is 0 Å². The van der Waals surface area contributed by atoms with Gasteiger partial charge in [0.2, 0.25) is 0 Å². The lowest BCUT2D eigenvalue weighted by molar-refractivity contribution is 0.0515. The van der Waals surface area contributed by atoms with Crippen molar-refractivity contribution < 1.29 is 8.42 Å². The van der Waals surface area contributed by atoms with Gasteiger partial charge in [0.15, 0.2) is 9.84 Å². The van der Waals surface area contributed by atoms with E-state index in [2.05, 4.69) is 11.8 Å². The van der Waals surface area contributed by atoms with Gasteiger partial charge in [-0.1, -0.05) is 26.7 Å². The highest BCUT2D eigenvalue weighted by Gasteiger charge is 2.50. The van der Waals surface area contributed by atoms with Crippen molar-refractivity contribution in [2.75, 3.05) is 30.3 Å². The Morgan fingerprint density at radius 2 is 2.15 bits per heavy atom. The van der Waals surface area contributed by atoms with Gasteiger partial charge in [0.1, 0.15) is 5.37 Å². The molecule has 2 fully saturated rings. The molecule has 0 spiro atoms. The fraction of sp³-hybridized carbons (Fsp3) is 1.00. The summed E-state index contributed by atoms with van der Waals surface area (Å²) in [5, 5.41) is -0.332. The van der Waals surface area contributed by atoms with Crippen LogP contribution in [0, 0.1) is 5.92 Å². The molecule has 0 radical (unpaired) electrons. The van der Waals surface area contributed by atoms with Crippen LogP contribution in [-0.2, 0) is 9.84 Å². The molecule has 0 bridgehead atoms. The summed E-state index contributed by atoms with van der Waals surface area (Å²) in [4.78, 5) is 2.28. The highest BCUT2D eigenvalue weighted by Crippen LogP contribution is 2.44. The molecular formula is C14H28N2O2S2. The fourth-order valence-electron chi connectivity index (χ4n) is 4.06. The van der Waals surface area contributed by atoms with Crippen LogP contribution in [0.1, 0.15) is 39.5 Å². The standard InChI is InChI=1S/C14H28N2O2S2/c1-3-12-6-5-7-14(12,11-15)16-8-9-19-10-13(16)20(17,18)4-2/h12-13H,3-11,15H2,1-2H3. The SMILES string of the molecule is CCC1CCCC1(CN)N1CCSCC1S(=O)(=O)CC. The first-order valence-corrected chi connectivity index (χ1v) is 10.6. The lowest BCUT2D eigenvalue weighted by atomic mass is 9.83. The van der Waals surface area contributed by atoms with Crippen molar-refractivity contribution in [2.45, 2.75) is 50.4 Å². The summed E-state index contributed by atoms with van der Waals surface area (Å²) in [6.07, 6.45) is 4.52. The molecule has 1 saturated carbocycles. The Kier molecular flexibility index (Phi) is 5.43. The second kappa shape index (κ2) is 6.55. The molecule has 0 aromatic heterocycles. The molecule has 3 atom stereocenters. The van der Waals surface area contributed by atoms with Gasteiger partial charge < -0.3 is 5.73 Å². The van der Waals surface area contributed by atoms with Gasteiger partial charge >= 0.3 is 0 Å². The molecule has 4 nitrogen and oxygen atoms in total. The number of thioether (sulfide) groups is 1. The predicted octanol–water partition coefficient (Wildman–Crippen LogP) is 1.70. The number of nitrogens with zero attached hydrogens (tertiary/aromatic N) is 1. The molecule has 118 valence electrons. The minimum Gasteiger partial charge on any atom is -0.329 e. The molecule has 3 unspecified atom stereocenters. The van der Waals surface area contributed by atoms with Crippen LogP contribution in [0.2, 0.25) is 0 Å². The van der Waals surface area contributed by atoms with E-state index in [1.807, 2.05) is 0 Å². The Labute approximate surface area is 127 Å². The Bertz CT molecular complexity index is 427. The first kappa shape index (κ1) is 16.6. The Balaban J connectivity index is 2.35. The average Bonchev–Trinajstić information content (AvgIpc) is 2.91. The van der Waals surface area contributed by atoms with Crippen LogP contribution >= 0.6 is 11.8 Å². The maximum absolute atomic E-state index is 12.5. The van der Waals surface area contributed by atoms with Crippen molar-refractivity contribution in [3.63, 3.8) is 0 Å². The number of sulfone groups is 1. The van der Waals surface area contributed by atoms with E-state index in [4.69, 9.17) is 5.73 Å². The molecule has 2 aliphatic rings. The van der Waals surface area contributed by atoms with Gasteiger partial charge in [-0.2, -0.15) is 11.8 Å². The first-order valence-electron chi connectivity index (χ1n) is 7.78. The van der Waals surface area contributed by atoms with Crippen molar-refractivity contribution in [3.05, 3.63) is 0 Å². The van der Waals surface area contributed by atoms with E-state index in [0.717, 1.165) is 25.1 Å². The minimum absolute atomic E-state index is 0.0807. The molecule has 2 N–H and O–H groups in total. The molecular weight excluding hydrogens is 292 g/mol. The fourth-order valence-corrected chi connectivity index (χ4v) is 7.14. The van der Waals surface area contributed by atoms with Gasteiger partial charge in [-0.3, -0.25) is 4.90 Å². The largest absolute Gasteiger partial charge is 0.329 e. The highest BCUT2D eigenvalue weighted by molar-refractivity contribution is 8.01. The molecule has 1 heterocycles. The minimum atomic E-state index is -3.04. The van der Waals surface area contributed by atoms with Gasteiger partial charge in [0.05, 0.1) is 0 Å². The maximum Gasteiger partial charge on any atom is 0.166 e. The normalized spacial score (nSPS) is 36.4. The second-order valence-corrected chi connectivity index (χ2v) is 9.58. The van der Waals surface area contributed by atoms with Crippen LogP contribution in [0.4, 0.5) is 0 Å². The molecule has 0 aromatic carbocycles. The molecule has 6 heteroatoms. The van der Waals surface area contributed by atoms with E-state index in [0.29, 0.717) is 18.2 Å². The van der Waals surface area contributed by atoms with Crippen molar-refractivity contribution in [3.8, 4) is 0 Å². The quantitative estimate of drug-likeness (QED) is 0.835. The summed E-state index contributed by atoms with van der Waals surface area (Å²) in [6, 6.07) is 0. The van der Waals surface area contributed by atoms with E-state index in [-0.39, 0.29) is 16.7 Å². The van der Waals surface area contributed by atoms with Crippen LogP contribution in [0.25, 0.3) is 0 Å². The molecule has 0 amide bonds.